The summed E-state index contributed by atoms with van der Waals surface area (Å²) in [6.45, 7) is 13.0. The third kappa shape index (κ3) is 10.3. The number of nitrogens with one attached hydrogen (secondary N) is 3. The van der Waals surface area contributed by atoms with E-state index >= 15 is 0 Å². The topological polar surface area (TPSA) is 92.6 Å². The first kappa shape index (κ1) is 20.8. The monoisotopic (exact) mass is 352 g/mol. The molecule has 0 aliphatic rings. The van der Waals surface area contributed by atoms with E-state index in [4.69, 9.17) is 4.74 Å². The van der Waals surface area contributed by atoms with Crippen molar-refractivity contribution in [2.24, 2.45) is 10.9 Å². The number of carbonyl (C=O) groups is 1. The fourth-order valence-electron chi connectivity index (χ4n) is 2.03. The van der Waals surface area contributed by atoms with Gasteiger partial charge in [-0.2, -0.15) is 5.10 Å². The smallest absolute Gasteiger partial charge is 0.407 e. The van der Waals surface area contributed by atoms with Crippen LogP contribution in [-0.2, 0) is 11.3 Å². The summed E-state index contributed by atoms with van der Waals surface area (Å²) in [5, 5.41) is 13.3. The Hall–Kier alpha value is -2.25. The highest BCUT2D eigenvalue weighted by Crippen LogP contribution is 2.06. The third-order valence-corrected chi connectivity index (χ3v) is 3.05. The lowest BCUT2D eigenvalue weighted by Crippen LogP contribution is -2.42. The minimum absolute atomic E-state index is 0.371. The number of aliphatic imine (C=N–C) groups is 1. The fourth-order valence-corrected chi connectivity index (χ4v) is 2.03. The predicted octanol–water partition coefficient (Wildman–Crippen LogP) is 1.60. The lowest BCUT2D eigenvalue weighted by Gasteiger charge is -2.20. The summed E-state index contributed by atoms with van der Waals surface area (Å²) in [5.41, 5.74) is -0.487. The van der Waals surface area contributed by atoms with Crippen molar-refractivity contribution in [3.63, 3.8) is 0 Å². The summed E-state index contributed by atoms with van der Waals surface area (Å²) < 4.78 is 7.10. The van der Waals surface area contributed by atoms with Gasteiger partial charge in [0, 0.05) is 45.1 Å². The molecule has 0 saturated carbocycles. The first-order chi connectivity index (χ1) is 11.8. The Morgan fingerprint density at radius 1 is 1.28 bits per heavy atom. The van der Waals surface area contributed by atoms with Crippen molar-refractivity contribution in [3.8, 4) is 0 Å². The standard InChI is InChI=1S/C17H32N6O2/c1-6-18-15(19-9-10-20-16(24)25-17(3,4)5)21-12-14(2)13-23-11-7-8-22-23/h7-8,11,14H,6,9-10,12-13H2,1-5H3,(H,20,24)(H2,18,19,21). The van der Waals surface area contributed by atoms with Crippen LogP contribution in [0.3, 0.4) is 0 Å². The van der Waals surface area contributed by atoms with Crippen LogP contribution in [0.4, 0.5) is 4.79 Å². The summed E-state index contributed by atoms with van der Waals surface area (Å²) >= 11 is 0. The Kier molecular flexibility index (Phi) is 8.80. The molecular formula is C17H32N6O2. The molecule has 3 N–H and O–H groups in total. The van der Waals surface area contributed by atoms with E-state index in [0.29, 0.717) is 25.6 Å². The van der Waals surface area contributed by atoms with Crippen LogP contribution in [0.15, 0.2) is 23.5 Å². The number of guanidine groups is 1. The SMILES string of the molecule is CCNC(=NCC(C)Cn1cccn1)NCCNC(=O)OC(C)(C)C. The van der Waals surface area contributed by atoms with E-state index in [0.717, 1.165) is 19.0 Å². The minimum atomic E-state index is -0.487. The molecule has 8 nitrogen and oxygen atoms in total. The van der Waals surface area contributed by atoms with Crippen molar-refractivity contribution in [2.45, 2.75) is 46.8 Å². The zero-order valence-electron chi connectivity index (χ0n) is 16.0. The van der Waals surface area contributed by atoms with Crippen LogP contribution in [0.5, 0.6) is 0 Å². The zero-order valence-corrected chi connectivity index (χ0v) is 16.0. The van der Waals surface area contributed by atoms with Crippen LogP contribution in [0.1, 0.15) is 34.6 Å². The zero-order chi connectivity index (χ0) is 18.7. The van der Waals surface area contributed by atoms with E-state index < -0.39 is 11.7 Å². The van der Waals surface area contributed by atoms with E-state index in [2.05, 4.69) is 33.0 Å². The van der Waals surface area contributed by atoms with Crippen LogP contribution < -0.4 is 16.0 Å². The number of rotatable bonds is 8. The lowest BCUT2D eigenvalue weighted by molar-refractivity contribution is 0.0529. The molecule has 142 valence electrons. The Balaban J connectivity index is 2.31. The molecule has 8 heteroatoms. The van der Waals surface area contributed by atoms with E-state index in [9.17, 15) is 4.79 Å². The van der Waals surface area contributed by atoms with Gasteiger partial charge in [0.15, 0.2) is 5.96 Å². The quantitative estimate of drug-likeness (QED) is 0.375. The second-order valence-electron chi connectivity index (χ2n) is 6.91. The molecule has 0 spiro atoms. The fraction of sp³-hybridized carbons (Fsp3) is 0.706. The molecule has 0 saturated heterocycles. The molecule has 1 unspecified atom stereocenters. The van der Waals surface area contributed by atoms with E-state index in [1.165, 1.54) is 0 Å². The highest BCUT2D eigenvalue weighted by molar-refractivity contribution is 5.79. The van der Waals surface area contributed by atoms with Gasteiger partial charge < -0.3 is 20.7 Å². The van der Waals surface area contributed by atoms with Gasteiger partial charge >= 0.3 is 6.09 Å². The van der Waals surface area contributed by atoms with Gasteiger partial charge in [-0.25, -0.2) is 4.79 Å². The normalized spacial score (nSPS) is 13.2. The number of carbonyl (C=O) groups excluding carboxylic acids is 1. The summed E-state index contributed by atoms with van der Waals surface area (Å²) in [4.78, 5) is 16.2. The molecule has 1 heterocycles. The van der Waals surface area contributed by atoms with Gasteiger partial charge in [0.05, 0.1) is 0 Å². The van der Waals surface area contributed by atoms with Crippen LogP contribution in [-0.4, -0.2) is 53.6 Å². The largest absolute Gasteiger partial charge is 0.444 e. The van der Waals surface area contributed by atoms with Crippen LogP contribution >= 0.6 is 0 Å². The molecule has 1 aromatic heterocycles. The number of nitrogens with zero attached hydrogens (tertiary/aromatic N) is 3. The molecule has 0 aliphatic carbocycles. The first-order valence-corrected chi connectivity index (χ1v) is 8.76. The van der Waals surface area contributed by atoms with Crippen molar-refractivity contribution in [1.82, 2.24) is 25.7 Å². The van der Waals surface area contributed by atoms with Crippen molar-refractivity contribution in [3.05, 3.63) is 18.5 Å². The van der Waals surface area contributed by atoms with E-state index in [1.807, 2.05) is 44.6 Å². The molecule has 1 aromatic rings. The molecule has 0 fully saturated rings. The summed E-state index contributed by atoms with van der Waals surface area (Å²) in [6.07, 6.45) is 3.31. The average molecular weight is 352 g/mol. The maximum absolute atomic E-state index is 11.6. The van der Waals surface area contributed by atoms with Gasteiger partial charge in [0.2, 0.25) is 0 Å². The maximum atomic E-state index is 11.6. The van der Waals surface area contributed by atoms with Gasteiger partial charge in [0.1, 0.15) is 5.60 Å². The number of aromatic nitrogens is 2. The molecule has 0 bridgehead atoms. The number of hydrogen-bond donors (Lipinski definition) is 3. The van der Waals surface area contributed by atoms with Gasteiger partial charge in [-0.3, -0.25) is 9.67 Å². The predicted molar refractivity (Wildman–Crippen MR) is 99.6 cm³/mol. The molecule has 0 radical (unpaired) electrons. The lowest BCUT2D eigenvalue weighted by atomic mass is 10.2. The molecule has 1 atom stereocenters. The highest BCUT2D eigenvalue weighted by atomic mass is 16.6. The van der Waals surface area contributed by atoms with Gasteiger partial charge in [0.25, 0.3) is 0 Å². The number of ether oxygens (including phenoxy) is 1. The second-order valence-corrected chi connectivity index (χ2v) is 6.91. The number of amides is 1. The molecule has 1 amide bonds. The molecular weight excluding hydrogens is 320 g/mol. The summed E-state index contributed by atoms with van der Waals surface area (Å²) in [7, 11) is 0. The van der Waals surface area contributed by atoms with Gasteiger partial charge in [-0.05, 0) is 39.7 Å². The Bertz CT molecular complexity index is 522. The van der Waals surface area contributed by atoms with E-state index in [-0.39, 0.29) is 0 Å². The Morgan fingerprint density at radius 2 is 2.00 bits per heavy atom. The van der Waals surface area contributed by atoms with Crippen molar-refractivity contribution >= 4 is 12.1 Å². The van der Waals surface area contributed by atoms with Crippen LogP contribution in [0, 0.1) is 5.92 Å². The average Bonchev–Trinajstić information content (AvgIpc) is 3.00. The second kappa shape index (κ2) is 10.6. The molecule has 1 rings (SSSR count). The molecule has 0 aliphatic heterocycles. The van der Waals surface area contributed by atoms with Crippen molar-refractivity contribution in [1.29, 1.82) is 0 Å². The molecule has 25 heavy (non-hydrogen) atoms. The van der Waals surface area contributed by atoms with Gasteiger partial charge in [-0.15, -0.1) is 0 Å². The number of hydrogen-bond acceptors (Lipinski definition) is 4. The first-order valence-electron chi connectivity index (χ1n) is 8.76. The molecule has 0 aromatic carbocycles. The third-order valence-electron chi connectivity index (χ3n) is 3.05. The van der Waals surface area contributed by atoms with E-state index in [1.54, 1.807) is 6.20 Å². The number of alkyl carbamates (subject to hydrolysis) is 1. The summed E-state index contributed by atoms with van der Waals surface area (Å²) in [5.74, 6) is 1.11. The van der Waals surface area contributed by atoms with Crippen LogP contribution in [0.2, 0.25) is 0 Å². The van der Waals surface area contributed by atoms with Crippen molar-refractivity contribution in [2.75, 3.05) is 26.2 Å². The minimum Gasteiger partial charge on any atom is -0.444 e. The maximum Gasteiger partial charge on any atom is 0.407 e. The Morgan fingerprint density at radius 3 is 2.60 bits per heavy atom. The van der Waals surface area contributed by atoms with Crippen LogP contribution in [0.25, 0.3) is 0 Å². The van der Waals surface area contributed by atoms with Crippen molar-refractivity contribution < 1.29 is 9.53 Å². The van der Waals surface area contributed by atoms with Gasteiger partial charge in [-0.1, -0.05) is 6.92 Å². The Labute approximate surface area is 150 Å². The summed E-state index contributed by atoms with van der Waals surface area (Å²) in [6, 6.07) is 1.92. The highest BCUT2D eigenvalue weighted by Gasteiger charge is 2.15.